The lowest BCUT2D eigenvalue weighted by Gasteiger charge is -1.95. The highest BCUT2D eigenvalue weighted by Crippen LogP contribution is 2.14. The van der Waals surface area contributed by atoms with Crippen molar-refractivity contribution < 1.29 is 15.0 Å². The Kier molecular flexibility index (Phi) is 3.33. The Balaban J connectivity index is 0.000001000. The van der Waals surface area contributed by atoms with Crippen molar-refractivity contribution >= 4 is 16.9 Å². The van der Waals surface area contributed by atoms with E-state index in [0.29, 0.717) is 0 Å². The van der Waals surface area contributed by atoms with Crippen LogP contribution >= 0.6 is 0 Å². The SMILES string of the molecule is O=C(O)c1ccccc1O.[SiH4]. The van der Waals surface area contributed by atoms with Crippen LogP contribution in [-0.2, 0) is 0 Å². The highest BCUT2D eigenvalue weighted by atomic mass is 28.1. The summed E-state index contributed by atoms with van der Waals surface area (Å²) in [6.45, 7) is 0. The maximum Gasteiger partial charge on any atom is 0.339 e. The number of hydrogen-bond acceptors (Lipinski definition) is 2. The quantitative estimate of drug-likeness (QED) is 0.566. The molecule has 0 fully saturated rings. The van der Waals surface area contributed by atoms with Crippen LogP contribution in [0.3, 0.4) is 0 Å². The van der Waals surface area contributed by atoms with E-state index in [-0.39, 0.29) is 22.3 Å². The molecule has 0 aliphatic rings. The molecule has 11 heavy (non-hydrogen) atoms. The van der Waals surface area contributed by atoms with Gasteiger partial charge in [-0.25, -0.2) is 4.79 Å². The molecule has 1 aromatic rings. The van der Waals surface area contributed by atoms with E-state index in [0.717, 1.165) is 0 Å². The third kappa shape index (κ3) is 2.08. The smallest absolute Gasteiger partial charge is 0.339 e. The van der Waals surface area contributed by atoms with E-state index < -0.39 is 5.97 Å². The van der Waals surface area contributed by atoms with Crippen LogP contribution in [-0.4, -0.2) is 27.1 Å². The molecule has 0 unspecified atom stereocenters. The maximum absolute atomic E-state index is 10.3. The van der Waals surface area contributed by atoms with Gasteiger partial charge < -0.3 is 10.2 Å². The Bertz CT molecular complexity index is 260. The minimum absolute atomic E-state index is 0. The predicted molar refractivity (Wildman–Crippen MR) is 46.4 cm³/mol. The summed E-state index contributed by atoms with van der Waals surface area (Å²) in [5, 5.41) is 17.3. The molecule has 0 aromatic heterocycles. The van der Waals surface area contributed by atoms with Gasteiger partial charge in [-0.2, -0.15) is 0 Å². The van der Waals surface area contributed by atoms with Gasteiger partial charge in [0.25, 0.3) is 0 Å². The summed E-state index contributed by atoms with van der Waals surface area (Å²) in [6, 6.07) is 5.81. The number of carbonyl (C=O) groups is 1. The van der Waals surface area contributed by atoms with Gasteiger partial charge in [-0.05, 0) is 23.1 Å². The lowest BCUT2D eigenvalue weighted by atomic mass is 10.2. The van der Waals surface area contributed by atoms with Crippen molar-refractivity contribution in [2.24, 2.45) is 0 Å². The normalized spacial score (nSPS) is 8.36. The number of phenols is 1. The first-order valence-electron chi connectivity index (χ1n) is 2.73. The third-order valence-corrected chi connectivity index (χ3v) is 1.13. The van der Waals surface area contributed by atoms with Crippen molar-refractivity contribution in [3.8, 4) is 5.75 Å². The molecule has 0 saturated heterocycles. The Labute approximate surface area is 68.3 Å². The minimum Gasteiger partial charge on any atom is -0.507 e. The number of para-hydroxylation sites is 1. The Morgan fingerprint density at radius 2 is 1.82 bits per heavy atom. The molecule has 1 aromatic carbocycles. The number of carboxylic acid groups (broad SMARTS) is 1. The van der Waals surface area contributed by atoms with E-state index in [1.807, 2.05) is 0 Å². The van der Waals surface area contributed by atoms with Gasteiger partial charge in [-0.3, -0.25) is 0 Å². The summed E-state index contributed by atoms with van der Waals surface area (Å²) in [5.41, 5.74) is -0.0671. The fourth-order valence-electron chi connectivity index (χ4n) is 0.654. The molecule has 0 atom stereocenters. The first-order chi connectivity index (χ1) is 4.72. The first-order valence-corrected chi connectivity index (χ1v) is 2.73. The largest absolute Gasteiger partial charge is 0.507 e. The van der Waals surface area contributed by atoms with Gasteiger partial charge in [0.1, 0.15) is 11.3 Å². The second-order valence-corrected chi connectivity index (χ2v) is 1.82. The van der Waals surface area contributed by atoms with Crippen molar-refractivity contribution in [2.45, 2.75) is 0 Å². The van der Waals surface area contributed by atoms with Crippen molar-refractivity contribution in [3.63, 3.8) is 0 Å². The number of rotatable bonds is 1. The number of carboxylic acids is 1. The molecule has 60 valence electrons. The lowest BCUT2D eigenvalue weighted by molar-refractivity contribution is 0.0694. The molecule has 1 rings (SSSR count). The van der Waals surface area contributed by atoms with Crippen molar-refractivity contribution in [1.82, 2.24) is 0 Å². The molecule has 0 aliphatic heterocycles. The van der Waals surface area contributed by atoms with Gasteiger partial charge in [0, 0.05) is 0 Å². The van der Waals surface area contributed by atoms with Gasteiger partial charge in [0.15, 0.2) is 0 Å². The number of aromatic carboxylic acids is 1. The van der Waals surface area contributed by atoms with E-state index in [4.69, 9.17) is 10.2 Å². The van der Waals surface area contributed by atoms with Crippen LogP contribution in [0.5, 0.6) is 5.75 Å². The summed E-state index contributed by atoms with van der Waals surface area (Å²) in [4.78, 5) is 10.3. The van der Waals surface area contributed by atoms with Crippen LogP contribution in [0.2, 0.25) is 0 Å². The Morgan fingerprint density at radius 3 is 2.18 bits per heavy atom. The van der Waals surface area contributed by atoms with E-state index in [1.54, 1.807) is 12.1 Å². The number of hydrogen-bond donors (Lipinski definition) is 2. The highest BCUT2D eigenvalue weighted by molar-refractivity contribution is 5.90. The molecule has 0 spiro atoms. The number of aromatic hydroxyl groups is 1. The molecular weight excluding hydrogens is 160 g/mol. The minimum atomic E-state index is -1.11. The average molecular weight is 170 g/mol. The molecule has 0 heterocycles. The van der Waals surface area contributed by atoms with Crippen LogP contribution in [0.25, 0.3) is 0 Å². The van der Waals surface area contributed by atoms with Crippen LogP contribution in [0.4, 0.5) is 0 Å². The summed E-state index contributed by atoms with van der Waals surface area (Å²) >= 11 is 0. The van der Waals surface area contributed by atoms with Crippen molar-refractivity contribution in [3.05, 3.63) is 29.8 Å². The molecule has 4 heteroatoms. The van der Waals surface area contributed by atoms with E-state index in [9.17, 15) is 4.79 Å². The predicted octanol–water partition coefficient (Wildman–Crippen LogP) is -0.361. The molecule has 3 nitrogen and oxygen atoms in total. The molecule has 0 bridgehead atoms. The van der Waals surface area contributed by atoms with Crippen LogP contribution in [0.15, 0.2) is 24.3 Å². The summed E-state index contributed by atoms with van der Waals surface area (Å²) in [7, 11) is 0. The molecule has 0 aliphatic carbocycles. The molecular formula is C7H10O3Si. The zero-order chi connectivity index (χ0) is 7.56. The topological polar surface area (TPSA) is 57.5 Å². The van der Waals surface area contributed by atoms with E-state index in [1.165, 1.54) is 12.1 Å². The third-order valence-electron chi connectivity index (χ3n) is 1.13. The van der Waals surface area contributed by atoms with Gasteiger partial charge >= 0.3 is 5.97 Å². The van der Waals surface area contributed by atoms with E-state index >= 15 is 0 Å². The van der Waals surface area contributed by atoms with Gasteiger partial charge in [-0.15, -0.1) is 0 Å². The van der Waals surface area contributed by atoms with Crippen molar-refractivity contribution in [2.75, 3.05) is 0 Å². The number of benzene rings is 1. The zero-order valence-electron chi connectivity index (χ0n) is 5.11. The van der Waals surface area contributed by atoms with E-state index in [2.05, 4.69) is 0 Å². The monoisotopic (exact) mass is 170 g/mol. The maximum atomic E-state index is 10.3. The second kappa shape index (κ2) is 3.77. The fourth-order valence-corrected chi connectivity index (χ4v) is 0.654. The van der Waals surface area contributed by atoms with Crippen LogP contribution < -0.4 is 0 Å². The standard InChI is InChI=1S/C7H6O3.H4Si/c8-6-4-2-1-3-5(6)7(9)10;/h1-4,8H,(H,9,10);1H4. The van der Waals surface area contributed by atoms with Gasteiger partial charge in [0.05, 0.1) is 0 Å². The average Bonchev–Trinajstić information content (AvgIpc) is 1.88. The molecule has 2 N–H and O–H groups in total. The summed E-state index contributed by atoms with van der Waals surface area (Å²) in [5.74, 6) is -1.31. The summed E-state index contributed by atoms with van der Waals surface area (Å²) < 4.78 is 0. The fraction of sp³-hybridized carbons (Fsp3) is 0. The summed E-state index contributed by atoms with van der Waals surface area (Å²) in [6.07, 6.45) is 0. The zero-order valence-corrected chi connectivity index (χ0v) is 5.11. The Morgan fingerprint density at radius 1 is 1.27 bits per heavy atom. The van der Waals surface area contributed by atoms with Crippen LogP contribution in [0.1, 0.15) is 10.4 Å². The molecule has 0 saturated carbocycles. The molecule has 0 amide bonds. The first kappa shape index (κ1) is 9.71. The highest BCUT2D eigenvalue weighted by Gasteiger charge is 2.05. The van der Waals surface area contributed by atoms with Crippen molar-refractivity contribution in [1.29, 1.82) is 0 Å². The van der Waals surface area contributed by atoms with Gasteiger partial charge in [0.2, 0.25) is 0 Å². The van der Waals surface area contributed by atoms with Crippen LogP contribution in [0, 0.1) is 0 Å². The van der Waals surface area contributed by atoms with Gasteiger partial charge in [-0.1, -0.05) is 12.1 Å². The Hall–Kier alpha value is -1.29. The lowest BCUT2D eigenvalue weighted by Crippen LogP contribution is -1.95. The second-order valence-electron chi connectivity index (χ2n) is 1.82. The molecule has 0 radical (unpaired) electrons.